The molecule has 0 bridgehead atoms. The first-order chi connectivity index (χ1) is 21.7. The Hall–Kier alpha value is -3.77. The van der Waals surface area contributed by atoms with Crippen molar-refractivity contribution in [2.45, 2.75) is 98.1 Å². The second kappa shape index (κ2) is 17.4. The molecule has 13 nitrogen and oxygen atoms in total. The Morgan fingerprint density at radius 2 is 1.38 bits per heavy atom. The van der Waals surface area contributed by atoms with Crippen LogP contribution in [0.2, 0.25) is 0 Å². The van der Waals surface area contributed by atoms with Gasteiger partial charge in [0, 0.05) is 0 Å². The summed E-state index contributed by atoms with van der Waals surface area (Å²) in [6, 6.07) is 12.8. The van der Waals surface area contributed by atoms with Crippen molar-refractivity contribution in [1.29, 1.82) is 0 Å². The standard InChI is InChI=1S/C33H47N2O11P/c1-22(2)18-26(29(37)34-27(30(38)39)21-43-47(41,45-32(3,4)5)46-33(6,7)8)35-31(40)42-20-24-14-16-25(17-15-24)44-28(36)19-23-12-10-9-11-13-23/h9-17,22,26-27H,18-21H2,1-8H3,(H,34,37)(H,35,40)(H,38,39)/t26-,27-/m0/s1. The molecule has 0 saturated carbocycles. The van der Waals surface area contributed by atoms with Gasteiger partial charge in [0.15, 0.2) is 6.04 Å². The minimum atomic E-state index is -4.26. The normalized spacial score (nSPS) is 13.4. The number of phosphoric acid groups is 1. The number of phosphoric ester groups is 1. The molecule has 0 unspecified atom stereocenters. The van der Waals surface area contributed by atoms with E-state index in [1.807, 2.05) is 44.2 Å². The van der Waals surface area contributed by atoms with Gasteiger partial charge in [0.05, 0.1) is 24.2 Å². The number of ether oxygens (including phenoxy) is 2. The average Bonchev–Trinajstić information content (AvgIpc) is 2.92. The van der Waals surface area contributed by atoms with Crippen LogP contribution in [0, 0.1) is 5.92 Å². The summed E-state index contributed by atoms with van der Waals surface area (Å²) < 4.78 is 40.4. The van der Waals surface area contributed by atoms with E-state index in [4.69, 9.17) is 23.0 Å². The summed E-state index contributed by atoms with van der Waals surface area (Å²) in [7, 11) is -4.26. The Bertz CT molecular complexity index is 1360. The molecule has 0 aliphatic carbocycles. The molecule has 47 heavy (non-hydrogen) atoms. The molecular formula is C33H47N2O11P. The zero-order chi connectivity index (χ0) is 35.4. The lowest BCUT2D eigenvalue weighted by molar-refractivity contribution is -0.143. The van der Waals surface area contributed by atoms with E-state index in [1.165, 1.54) is 0 Å². The van der Waals surface area contributed by atoms with Crippen LogP contribution in [0.15, 0.2) is 54.6 Å². The quantitative estimate of drug-likeness (QED) is 0.111. The highest BCUT2D eigenvalue weighted by Gasteiger charge is 2.39. The summed E-state index contributed by atoms with van der Waals surface area (Å²) in [5.74, 6) is -2.43. The lowest BCUT2D eigenvalue weighted by Gasteiger charge is -2.31. The van der Waals surface area contributed by atoms with E-state index in [0.717, 1.165) is 5.56 Å². The number of carbonyl (C=O) groups excluding carboxylic acids is 3. The number of aliphatic carboxylic acids is 1. The molecule has 260 valence electrons. The molecule has 2 amide bonds. The zero-order valence-corrected chi connectivity index (χ0v) is 29.1. The number of carboxylic acid groups (broad SMARTS) is 1. The molecule has 0 saturated heterocycles. The minimum absolute atomic E-state index is 0.0664. The average molecular weight is 679 g/mol. The van der Waals surface area contributed by atoms with Crippen LogP contribution in [-0.2, 0) is 50.3 Å². The number of carboxylic acids is 1. The van der Waals surface area contributed by atoms with Gasteiger partial charge in [-0.15, -0.1) is 0 Å². The van der Waals surface area contributed by atoms with E-state index in [9.17, 15) is 28.8 Å². The van der Waals surface area contributed by atoms with E-state index in [0.29, 0.717) is 11.3 Å². The number of carbonyl (C=O) groups is 4. The number of alkyl carbamates (subject to hydrolysis) is 1. The molecule has 2 aromatic carbocycles. The van der Waals surface area contributed by atoms with Crippen molar-refractivity contribution in [2.24, 2.45) is 5.92 Å². The maximum absolute atomic E-state index is 13.3. The molecule has 0 aliphatic rings. The fourth-order valence-electron chi connectivity index (χ4n) is 3.97. The highest BCUT2D eigenvalue weighted by atomic mass is 31.2. The van der Waals surface area contributed by atoms with Crippen LogP contribution in [0.5, 0.6) is 5.75 Å². The number of hydrogen-bond donors (Lipinski definition) is 3. The van der Waals surface area contributed by atoms with Gasteiger partial charge in [-0.25, -0.2) is 14.2 Å². The summed E-state index contributed by atoms with van der Waals surface area (Å²) in [5.41, 5.74) is -0.484. The molecule has 2 rings (SSSR count). The van der Waals surface area contributed by atoms with E-state index in [-0.39, 0.29) is 25.4 Å². The number of esters is 1. The number of rotatable bonds is 16. The zero-order valence-electron chi connectivity index (χ0n) is 28.2. The number of nitrogens with one attached hydrogen (secondary N) is 2. The first-order valence-electron chi connectivity index (χ1n) is 15.2. The second-order valence-electron chi connectivity index (χ2n) is 13.2. The van der Waals surface area contributed by atoms with Crippen LogP contribution in [0.4, 0.5) is 4.79 Å². The van der Waals surface area contributed by atoms with Crippen molar-refractivity contribution in [3.8, 4) is 5.75 Å². The molecule has 3 N–H and O–H groups in total. The molecule has 14 heteroatoms. The summed E-state index contributed by atoms with van der Waals surface area (Å²) in [5, 5.41) is 14.6. The Kier molecular flexibility index (Phi) is 14.6. The van der Waals surface area contributed by atoms with Crippen molar-refractivity contribution in [3.63, 3.8) is 0 Å². The van der Waals surface area contributed by atoms with Crippen molar-refractivity contribution >= 4 is 31.8 Å². The topological polar surface area (TPSA) is 176 Å². The molecule has 0 heterocycles. The molecule has 0 spiro atoms. The van der Waals surface area contributed by atoms with Crippen molar-refractivity contribution in [3.05, 3.63) is 65.7 Å². The van der Waals surface area contributed by atoms with Crippen molar-refractivity contribution in [2.75, 3.05) is 6.61 Å². The van der Waals surface area contributed by atoms with Gasteiger partial charge in [0.1, 0.15) is 18.4 Å². The number of hydrogen-bond acceptors (Lipinski definition) is 10. The van der Waals surface area contributed by atoms with E-state index in [2.05, 4.69) is 10.6 Å². The van der Waals surface area contributed by atoms with E-state index in [1.54, 1.807) is 65.8 Å². The minimum Gasteiger partial charge on any atom is -0.480 e. The summed E-state index contributed by atoms with van der Waals surface area (Å²) in [4.78, 5) is 50.0. The molecule has 0 aliphatic heterocycles. The molecule has 0 aromatic heterocycles. The smallest absolute Gasteiger partial charge is 0.475 e. The first kappa shape index (κ1) is 39.4. The van der Waals surface area contributed by atoms with Crippen LogP contribution < -0.4 is 15.4 Å². The predicted octanol–water partition coefficient (Wildman–Crippen LogP) is 5.80. The van der Waals surface area contributed by atoms with Gasteiger partial charge >= 0.3 is 25.9 Å². The molecule has 2 atom stereocenters. The van der Waals surface area contributed by atoms with E-state index >= 15 is 0 Å². The van der Waals surface area contributed by atoms with Gasteiger partial charge in [-0.2, -0.15) is 0 Å². The van der Waals surface area contributed by atoms with Gasteiger partial charge in [0.2, 0.25) is 5.91 Å². The maximum Gasteiger partial charge on any atom is 0.475 e. The highest BCUT2D eigenvalue weighted by molar-refractivity contribution is 7.48. The van der Waals surface area contributed by atoms with Gasteiger partial charge in [-0.1, -0.05) is 56.3 Å². The van der Waals surface area contributed by atoms with E-state index < -0.39 is 61.7 Å². The Labute approximate surface area is 276 Å². The maximum atomic E-state index is 13.3. The Balaban J connectivity index is 1.98. The van der Waals surface area contributed by atoms with Gasteiger partial charge in [-0.3, -0.25) is 23.2 Å². The lowest BCUT2D eigenvalue weighted by Crippen LogP contribution is -2.53. The van der Waals surface area contributed by atoms with Gasteiger partial charge in [0.25, 0.3) is 0 Å². The Morgan fingerprint density at radius 3 is 1.89 bits per heavy atom. The lowest BCUT2D eigenvalue weighted by atomic mass is 10.0. The molecule has 0 radical (unpaired) electrons. The van der Waals surface area contributed by atoms with Gasteiger partial charge in [-0.05, 0) is 77.1 Å². The van der Waals surface area contributed by atoms with Crippen LogP contribution >= 0.6 is 7.82 Å². The van der Waals surface area contributed by atoms with Gasteiger partial charge < -0.3 is 25.2 Å². The van der Waals surface area contributed by atoms with Crippen molar-refractivity contribution < 1.29 is 51.9 Å². The summed E-state index contributed by atoms with van der Waals surface area (Å²) in [6.07, 6.45) is -0.625. The first-order valence-corrected chi connectivity index (χ1v) is 16.7. The largest absolute Gasteiger partial charge is 0.480 e. The van der Waals surface area contributed by atoms with Crippen LogP contribution in [-0.4, -0.2) is 58.9 Å². The van der Waals surface area contributed by atoms with Crippen LogP contribution in [0.1, 0.15) is 72.9 Å². The third-order valence-corrected chi connectivity index (χ3v) is 7.83. The SMILES string of the molecule is CC(C)C[C@H](NC(=O)OCc1ccc(OC(=O)Cc2ccccc2)cc1)C(=O)N[C@@H](COP(=O)(OC(C)(C)C)OC(C)(C)C)C(=O)O. The van der Waals surface area contributed by atoms with Crippen molar-refractivity contribution in [1.82, 2.24) is 10.6 Å². The van der Waals surface area contributed by atoms with Crippen LogP contribution in [0.25, 0.3) is 0 Å². The monoisotopic (exact) mass is 678 g/mol. The molecule has 0 fully saturated rings. The number of amides is 2. The number of benzene rings is 2. The molecular weight excluding hydrogens is 631 g/mol. The Morgan fingerprint density at radius 1 is 0.809 bits per heavy atom. The third-order valence-electron chi connectivity index (χ3n) is 5.82. The fourth-order valence-corrected chi connectivity index (χ4v) is 5.79. The van der Waals surface area contributed by atoms with Crippen LogP contribution in [0.3, 0.4) is 0 Å². The predicted molar refractivity (Wildman–Crippen MR) is 174 cm³/mol. The summed E-state index contributed by atoms with van der Waals surface area (Å²) in [6.45, 7) is 12.5. The molecule has 2 aromatic rings. The highest BCUT2D eigenvalue weighted by Crippen LogP contribution is 2.55. The fraction of sp³-hybridized carbons (Fsp3) is 0.515. The summed E-state index contributed by atoms with van der Waals surface area (Å²) >= 11 is 0. The second-order valence-corrected chi connectivity index (χ2v) is 14.8. The third kappa shape index (κ3) is 16.1.